The van der Waals surface area contributed by atoms with E-state index < -0.39 is 0 Å². The number of halogens is 2. The van der Waals surface area contributed by atoms with Gasteiger partial charge in [0.15, 0.2) is 0 Å². The molecule has 2 heterocycles. The Morgan fingerprint density at radius 1 is 0.717 bits per heavy atom. The quantitative estimate of drug-likeness (QED) is 0.228. The lowest BCUT2D eigenvalue weighted by molar-refractivity contribution is -0.114. The summed E-state index contributed by atoms with van der Waals surface area (Å²) in [4.78, 5) is 21.5. The molecular formula is C34H24Cl2N6O3S. The van der Waals surface area contributed by atoms with Crippen molar-refractivity contribution in [2.75, 3.05) is 37.9 Å². The van der Waals surface area contributed by atoms with Gasteiger partial charge in [-0.05, 0) is 24.3 Å². The Labute approximate surface area is 280 Å². The van der Waals surface area contributed by atoms with Crippen LogP contribution in [0.2, 0.25) is 10.0 Å². The molecule has 0 unspecified atom stereocenters. The van der Waals surface area contributed by atoms with Gasteiger partial charge in [-0.2, -0.15) is 10.5 Å². The van der Waals surface area contributed by atoms with E-state index in [2.05, 4.69) is 32.8 Å². The minimum Gasteiger partial charge on any atom is -0.495 e. The third kappa shape index (κ3) is 6.70. The summed E-state index contributed by atoms with van der Waals surface area (Å²) in [6, 6.07) is 25.7. The molecule has 9 nitrogen and oxygen atoms in total. The van der Waals surface area contributed by atoms with Gasteiger partial charge in [0.2, 0.25) is 5.91 Å². The molecule has 46 heavy (non-hydrogen) atoms. The fraction of sp³-hybridized carbons (Fsp3) is 0.118. The van der Waals surface area contributed by atoms with Crippen molar-refractivity contribution < 1.29 is 14.3 Å². The fourth-order valence-corrected chi connectivity index (χ4v) is 5.51. The molecule has 0 atom stereocenters. The number of fused-ring (bicyclic) bond motifs is 2. The molecule has 228 valence electrons. The molecule has 0 fully saturated rings. The zero-order valence-corrected chi connectivity index (χ0v) is 26.8. The van der Waals surface area contributed by atoms with E-state index in [0.717, 1.165) is 16.8 Å². The van der Waals surface area contributed by atoms with E-state index in [1.807, 2.05) is 42.5 Å². The number of carbonyl (C=O) groups excluding carboxylic acids is 1. The van der Waals surface area contributed by atoms with E-state index in [9.17, 15) is 15.3 Å². The van der Waals surface area contributed by atoms with Gasteiger partial charge >= 0.3 is 0 Å². The molecule has 0 aliphatic carbocycles. The second-order valence-electron chi connectivity index (χ2n) is 9.81. The predicted molar refractivity (Wildman–Crippen MR) is 184 cm³/mol. The van der Waals surface area contributed by atoms with Gasteiger partial charge in [-0.25, -0.2) is 0 Å². The first-order chi connectivity index (χ1) is 22.3. The molecule has 0 radical (unpaired) electrons. The van der Waals surface area contributed by atoms with Crippen LogP contribution in [0.4, 0.5) is 11.4 Å². The number of benzene rings is 4. The lowest BCUT2D eigenvalue weighted by atomic mass is 9.98. The topological polar surface area (TPSA) is 132 Å². The number of hydrogen-bond donors (Lipinski definition) is 2. The number of benzodiazepines with no additional fused rings is 2. The van der Waals surface area contributed by atoms with Crippen LogP contribution in [0.1, 0.15) is 33.4 Å². The number of hydrogen-bond acceptors (Lipinski definition) is 8. The summed E-state index contributed by atoms with van der Waals surface area (Å²) in [6.07, 6.45) is 0. The highest BCUT2D eigenvalue weighted by Crippen LogP contribution is 2.33. The molecule has 6 rings (SSSR count). The summed E-state index contributed by atoms with van der Waals surface area (Å²) in [7, 11) is 3.00. The van der Waals surface area contributed by atoms with Crippen molar-refractivity contribution in [1.29, 1.82) is 10.5 Å². The van der Waals surface area contributed by atoms with Gasteiger partial charge in [-0.1, -0.05) is 71.8 Å². The monoisotopic (exact) mass is 666 g/mol. The summed E-state index contributed by atoms with van der Waals surface area (Å²) in [5.74, 6) is 0.647. The zero-order chi connectivity index (χ0) is 32.8. The smallest absolute Gasteiger partial charge is 0.246 e. The van der Waals surface area contributed by atoms with Crippen LogP contribution in [-0.4, -0.2) is 49.6 Å². The molecule has 12 heteroatoms. The first-order valence-corrected chi connectivity index (χ1v) is 14.9. The van der Waals surface area contributed by atoms with Gasteiger partial charge in [0.05, 0.1) is 54.7 Å². The van der Waals surface area contributed by atoms with E-state index in [1.165, 1.54) is 14.2 Å². The van der Waals surface area contributed by atoms with E-state index in [1.54, 1.807) is 30.3 Å². The standard InChI is InChI=1S/C17H12ClN3O2.C17H12ClN3OS/c1-23-15-7-14-12(6-10(15)8-19)17(20-9-16(22)21-14)11-4-2-3-5-13(11)18;1-22-15-7-14-12(6-10(15)8-19)17(20-9-16(23)21-14)11-4-2-3-5-13(11)18/h2-7H,9H2,1H3,(H,21,22);2-7H,9H2,1H3,(H,21,23). The number of aliphatic imine (C=N–C) groups is 2. The van der Waals surface area contributed by atoms with E-state index in [-0.39, 0.29) is 12.5 Å². The van der Waals surface area contributed by atoms with Crippen LogP contribution in [0.5, 0.6) is 11.5 Å². The van der Waals surface area contributed by atoms with Crippen molar-refractivity contribution in [3.63, 3.8) is 0 Å². The van der Waals surface area contributed by atoms with Crippen molar-refractivity contribution >= 4 is 69.1 Å². The van der Waals surface area contributed by atoms with Gasteiger partial charge in [0, 0.05) is 44.4 Å². The number of amides is 1. The normalized spacial score (nSPS) is 13.3. The van der Waals surface area contributed by atoms with Crippen molar-refractivity contribution in [1.82, 2.24) is 0 Å². The largest absolute Gasteiger partial charge is 0.495 e. The first kappa shape index (κ1) is 32.1. The number of anilines is 2. The summed E-state index contributed by atoms with van der Waals surface area (Å²) >= 11 is 17.9. The maximum Gasteiger partial charge on any atom is 0.246 e. The zero-order valence-electron chi connectivity index (χ0n) is 24.5. The molecule has 2 N–H and O–H groups in total. The highest BCUT2D eigenvalue weighted by molar-refractivity contribution is 7.80. The van der Waals surface area contributed by atoms with Gasteiger partial charge in [-0.3, -0.25) is 14.8 Å². The molecule has 4 aromatic carbocycles. The third-order valence-electron chi connectivity index (χ3n) is 7.00. The maximum absolute atomic E-state index is 11.9. The van der Waals surface area contributed by atoms with Crippen LogP contribution in [0.15, 0.2) is 82.8 Å². The number of nitrogens with one attached hydrogen (secondary N) is 2. The Morgan fingerprint density at radius 3 is 1.63 bits per heavy atom. The number of rotatable bonds is 4. The van der Waals surface area contributed by atoms with E-state index in [0.29, 0.717) is 72.4 Å². The van der Waals surface area contributed by atoms with Crippen LogP contribution in [0, 0.1) is 22.7 Å². The minimum atomic E-state index is -0.236. The van der Waals surface area contributed by atoms with E-state index >= 15 is 0 Å². The van der Waals surface area contributed by atoms with E-state index in [4.69, 9.17) is 44.9 Å². The molecule has 2 aliphatic rings. The van der Waals surface area contributed by atoms with Gasteiger partial charge < -0.3 is 20.1 Å². The van der Waals surface area contributed by atoms with Crippen molar-refractivity contribution in [3.8, 4) is 23.6 Å². The molecule has 0 saturated heterocycles. The van der Waals surface area contributed by atoms with Crippen LogP contribution >= 0.6 is 35.4 Å². The van der Waals surface area contributed by atoms with Gasteiger partial charge in [-0.15, -0.1) is 0 Å². The number of methoxy groups -OCH3 is 2. The maximum atomic E-state index is 11.9. The van der Waals surface area contributed by atoms with Crippen molar-refractivity contribution in [2.45, 2.75) is 0 Å². The van der Waals surface area contributed by atoms with Crippen LogP contribution in [-0.2, 0) is 4.79 Å². The number of carbonyl (C=O) groups is 1. The number of nitriles is 2. The Balaban J connectivity index is 0.000000181. The minimum absolute atomic E-state index is 0.0144. The summed E-state index contributed by atoms with van der Waals surface area (Å²) in [6.45, 7) is 0.341. The average molecular weight is 668 g/mol. The van der Waals surface area contributed by atoms with Crippen LogP contribution < -0.4 is 20.1 Å². The van der Waals surface area contributed by atoms with Crippen molar-refractivity contribution in [3.05, 3.63) is 116 Å². The molecule has 0 spiro atoms. The second-order valence-corrected chi connectivity index (χ2v) is 11.1. The number of thiocarbonyl (C=S) groups is 1. The summed E-state index contributed by atoms with van der Waals surface area (Å²) < 4.78 is 10.5. The second kappa shape index (κ2) is 14.2. The predicted octanol–water partition coefficient (Wildman–Crippen LogP) is 6.82. The summed E-state index contributed by atoms with van der Waals surface area (Å²) in [5, 5.41) is 25.7. The Morgan fingerprint density at radius 2 is 1.17 bits per heavy atom. The lowest BCUT2D eigenvalue weighted by Gasteiger charge is -2.14. The molecule has 0 saturated carbocycles. The van der Waals surface area contributed by atoms with Crippen LogP contribution in [0.25, 0.3) is 0 Å². The Hall–Kier alpha value is -5.26. The molecule has 1 amide bonds. The van der Waals surface area contributed by atoms with Gasteiger partial charge in [0.25, 0.3) is 0 Å². The lowest BCUT2D eigenvalue weighted by Crippen LogP contribution is -2.13. The molecular weight excluding hydrogens is 643 g/mol. The molecule has 0 bridgehead atoms. The SMILES string of the molecule is COc1cc2c(cc1C#N)C(c1ccccc1Cl)=NCC(=O)N2.COc1cc2c(cc1C#N)C(c1ccccc1Cl)=NCC(=S)N2. The van der Waals surface area contributed by atoms with Crippen LogP contribution in [0.3, 0.4) is 0 Å². The molecule has 4 aromatic rings. The first-order valence-electron chi connectivity index (χ1n) is 13.7. The van der Waals surface area contributed by atoms with Crippen molar-refractivity contribution in [2.24, 2.45) is 9.98 Å². The number of nitrogens with zero attached hydrogens (tertiary/aromatic N) is 4. The van der Waals surface area contributed by atoms with Gasteiger partial charge in [0.1, 0.15) is 35.2 Å². The third-order valence-corrected chi connectivity index (χ3v) is 7.89. The Kier molecular flexibility index (Phi) is 9.94. The average Bonchev–Trinajstić information content (AvgIpc) is 3.33. The number of ether oxygens (including phenoxy) is 2. The fourth-order valence-electron chi connectivity index (χ4n) is 4.89. The highest BCUT2D eigenvalue weighted by Gasteiger charge is 2.23. The highest BCUT2D eigenvalue weighted by atomic mass is 35.5. The molecule has 0 aromatic heterocycles. The summed E-state index contributed by atoms with van der Waals surface area (Å²) in [5.41, 5.74) is 6.29. The Bertz CT molecular complexity index is 1890. The molecule has 2 aliphatic heterocycles.